The van der Waals surface area contributed by atoms with Gasteiger partial charge in [0.2, 0.25) is 0 Å². The van der Waals surface area contributed by atoms with Gasteiger partial charge in [0.25, 0.3) is 5.91 Å². The highest BCUT2D eigenvalue weighted by Gasteiger charge is 2.45. The summed E-state index contributed by atoms with van der Waals surface area (Å²) in [4.78, 5) is 14.9. The van der Waals surface area contributed by atoms with Crippen LogP contribution >= 0.6 is 0 Å². The molecule has 0 radical (unpaired) electrons. The number of amides is 1. The quantitative estimate of drug-likeness (QED) is 0.847. The zero-order valence-corrected chi connectivity index (χ0v) is 15.0. The van der Waals surface area contributed by atoms with Crippen LogP contribution in [0.1, 0.15) is 36.0 Å². The fourth-order valence-corrected chi connectivity index (χ4v) is 5.38. The summed E-state index contributed by atoms with van der Waals surface area (Å²) in [6.45, 7) is 0. The lowest BCUT2D eigenvalue weighted by Crippen LogP contribution is -2.49. The van der Waals surface area contributed by atoms with Crippen molar-refractivity contribution in [2.75, 3.05) is 6.26 Å². The average Bonchev–Trinajstić information content (AvgIpc) is 3.20. The van der Waals surface area contributed by atoms with E-state index in [2.05, 4.69) is 0 Å². The lowest BCUT2D eigenvalue weighted by atomic mass is 10.0. The van der Waals surface area contributed by atoms with E-state index < -0.39 is 9.84 Å². The number of hydrogen-bond acceptors (Lipinski definition) is 3. The van der Waals surface area contributed by atoms with Gasteiger partial charge in [-0.1, -0.05) is 0 Å². The predicted octanol–water partition coefficient (Wildman–Crippen LogP) is 2.66. The molecule has 1 aromatic heterocycles. The monoisotopic (exact) mass is 358 g/mol. The molecule has 4 rings (SSSR count). The Bertz CT molecular complexity index is 858. The number of hydrogen-bond donors (Lipinski definition) is 0. The average molecular weight is 358 g/mol. The van der Waals surface area contributed by atoms with Crippen LogP contribution < -0.4 is 0 Å². The SMILES string of the molecule is CS(=O)(=O)C1C[C@H]2CC[C@@H](C1)N2C(=O)c1ccc(-n2cccc2)cc1. The van der Waals surface area contributed by atoms with Crippen LogP contribution in [0.2, 0.25) is 0 Å². The number of benzene rings is 1. The van der Waals surface area contributed by atoms with Crippen LogP contribution in [0.4, 0.5) is 0 Å². The molecule has 0 N–H and O–H groups in total. The van der Waals surface area contributed by atoms with Crippen molar-refractivity contribution in [3.8, 4) is 5.69 Å². The zero-order valence-electron chi connectivity index (χ0n) is 14.2. The van der Waals surface area contributed by atoms with Gasteiger partial charge in [0.05, 0.1) is 5.25 Å². The van der Waals surface area contributed by atoms with Crippen LogP contribution in [0, 0.1) is 0 Å². The van der Waals surface area contributed by atoms with Crippen molar-refractivity contribution < 1.29 is 13.2 Å². The Hall–Kier alpha value is -2.08. The van der Waals surface area contributed by atoms with Crippen molar-refractivity contribution in [3.63, 3.8) is 0 Å². The van der Waals surface area contributed by atoms with E-state index in [-0.39, 0.29) is 23.2 Å². The molecule has 25 heavy (non-hydrogen) atoms. The number of sulfone groups is 1. The van der Waals surface area contributed by atoms with E-state index in [0.717, 1.165) is 18.5 Å². The maximum atomic E-state index is 13.0. The smallest absolute Gasteiger partial charge is 0.254 e. The topological polar surface area (TPSA) is 59.4 Å². The minimum absolute atomic E-state index is 0.0264. The molecule has 3 heterocycles. The number of fused-ring (bicyclic) bond motifs is 2. The molecule has 0 spiro atoms. The first-order chi connectivity index (χ1) is 11.9. The normalized spacial score (nSPS) is 26.0. The second-order valence-electron chi connectivity index (χ2n) is 7.16. The molecule has 0 saturated carbocycles. The van der Waals surface area contributed by atoms with Gasteiger partial charge in [-0.15, -0.1) is 0 Å². The zero-order chi connectivity index (χ0) is 17.6. The highest BCUT2D eigenvalue weighted by atomic mass is 32.2. The van der Waals surface area contributed by atoms with Gasteiger partial charge < -0.3 is 9.47 Å². The standard InChI is InChI=1S/C19H22N2O3S/c1-25(23,24)18-12-16-8-9-17(13-18)21(16)19(22)14-4-6-15(7-5-14)20-10-2-3-11-20/h2-7,10-11,16-18H,8-9,12-13H2,1H3/t16-,17+,18?. The molecule has 2 fully saturated rings. The molecule has 2 bridgehead atoms. The molecule has 1 aromatic carbocycles. The van der Waals surface area contributed by atoms with Gasteiger partial charge in [-0.2, -0.15) is 0 Å². The van der Waals surface area contributed by atoms with Crippen LogP contribution in [-0.4, -0.2) is 47.4 Å². The van der Waals surface area contributed by atoms with E-state index in [4.69, 9.17) is 0 Å². The molecule has 2 aliphatic heterocycles. The molecule has 132 valence electrons. The summed E-state index contributed by atoms with van der Waals surface area (Å²) in [5, 5.41) is -0.301. The van der Waals surface area contributed by atoms with E-state index in [9.17, 15) is 13.2 Å². The lowest BCUT2D eigenvalue weighted by molar-refractivity contribution is 0.0598. The molecule has 3 atom stereocenters. The molecular weight excluding hydrogens is 336 g/mol. The summed E-state index contributed by atoms with van der Waals surface area (Å²) in [5.74, 6) is 0.0264. The van der Waals surface area contributed by atoms with Crippen molar-refractivity contribution in [1.82, 2.24) is 9.47 Å². The van der Waals surface area contributed by atoms with Crippen molar-refractivity contribution in [1.29, 1.82) is 0 Å². The second kappa shape index (κ2) is 6.02. The molecule has 2 saturated heterocycles. The fourth-order valence-electron chi connectivity index (χ4n) is 4.24. The van der Waals surface area contributed by atoms with Crippen molar-refractivity contribution in [3.05, 3.63) is 54.4 Å². The highest BCUT2D eigenvalue weighted by molar-refractivity contribution is 7.91. The maximum absolute atomic E-state index is 13.0. The predicted molar refractivity (Wildman–Crippen MR) is 96.6 cm³/mol. The Morgan fingerprint density at radius 2 is 1.56 bits per heavy atom. The first kappa shape index (κ1) is 16.4. The Labute approximate surface area is 148 Å². The lowest BCUT2D eigenvalue weighted by Gasteiger charge is -2.38. The van der Waals surface area contributed by atoms with E-state index in [1.165, 1.54) is 6.26 Å². The van der Waals surface area contributed by atoms with Gasteiger partial charge in [-0.3, -0.25) is 4.79 Å². The van der Waals surface area contributed by atoms with Gasteiger partial charge in [-0.25, -0.2) is 8.42 Å². The second-order valence-corrected chi connectivity index (χ2v) is 9.48. The Balaban J connectivity index is 1.54. The Kier molecular flexibility index (Phi) is 3.95. The van der Waals surface area contributed by atoms with E-state index in [0.29, 0.717) is 18.4 Å². The summed E-state index contributed by atoms with van der Waals surface area (Å²) >= 11 is 0. The molecular formula is C19H22N2O3S. The molecule has 6 heteroatoms. The third-order valence-electron chi connectivity index (χ3n) is 5.55. The van der Waals surface area contributed by atoms with Crippen LogP contribution in [0.25, 0.3) is 5.69 Å². The highest BCUT2D eigenvalue weighted by Crippen LogP contribution is 2.39. The minimum atomic E-state index is -3.04. The molecule has 5 nitrogen and oxygen atoms in total. The van der Waals surface area contributed by atoms with Gasteiger partial charge >= 0.3 is 0 Å². The van der Waals surface area contributed by atoms with Gasteiger partial charge in [-0.05, 0) is 62.1 Å². The van der Waals surface area contributed by atoms with Crippen LogP contribution in [0.15, 0.2) is 48.8 Å². The third-order valence-corrected chi connectivity index (χ3v) is 7.14. The largest absolute Gasteiger partial charge is 0.333 e. The van der Waals surface area contributed by atoms with Gasteiger partial charge in [0.15, 0.2) is 0 Å². The summed E-state index contributed by atoms with van der Waals surface area (Å²) in [7, 11) is -3.04. The van der Waals surface area contributed by atoms with Crippen LogP contribution in [0.3, 0.4) is 0 Å². The number of carbonyl (C=O) groups excluding carboxylic acids is 1. The summed E-state index contributed by atoms with van der Waals surface area (Å²) in [6.07, 6.45) is 8.20. The summed E-state index contributed by atoms with van der Waals surface area (Å²) in [6, 6.07) is 11.6. The van der Waals surface area contributed by atoms with Crippen molar-refractivity contribution in [2.24, 2.45) is 0 Å². The number of piperidine rings is 1. The molecule has 0 aliphatic carbocycles. The van der Waals surface area contributed by atoms with E-state index >= 15 is 0 Å². The summed E-state index contributed by atoms with van der Waals surface area (Å²) < 4.78 is 25.8. The van der Waals surface area contributed by atoms with Gasteiger partial charge in [0, 0.05) is 42.0 Å². The molecule has 1 unspecified atom stereocenters. The number of nitrogens with zero attached hydrogens (tertiary/aromatic N) is 2. The van der Waals surface area contributed by atoms with E-state index in [1.54, 1.807) is 0 Å². The summed E-state index contributed by atoms with van der Waals surface area (Å²) in [5.41, 5.74) is 1.69. The van der Waals surface area contributed by atoms with Crippen LogP contribution in [0.5, 0.6) is 0 Å². The van der Waals surface area contributed by atoms with Crippen molar-refractivity contribution >= 4 is 15.7 Å². The molecule has 2 aliphatic rings. The minimum Gasteiger partial charge on any atom is -0.333 e. The van der Waals surface area contributed by atoms with Crippen molar-refractivity contribution in [2.45, 2.75) is 43.0 Å². The molecule has 1 amide bonds. The molecule has 2 aromatic rings. The van der Waals surface area contributed by atoms with E-state index in [1.807, 2.05) is 58.3 Å². The van der Waals surface area contributed by atoms with Crippen LogP contribution in [-0.2, 0) is 9.84 Å². The third kappa shape index (κ3) is 2.99. The number of rotatable bonds is 3. The fraction of sp³-hybridized carbons (Fsp3) is 0.421. The van der Waals surface area contributed by atoms with Gasteiger partial charge in [0.1, 0.15) is 9.84 Å². The Morgan fingerprint density at radius 1 is 1.00 bits per heavy atom. The first-order valence-corrected chi connectivity index (χ1v) is 10.6. The first-order valence-electron chi connectivity index (χ1n) is 8.68. The number of carbonyl (C=O) groups is 1. The Morgan fingerprint density at radius 3 is 2.08 bits per heavy atom. The maximum Gasteiger partial charge on any atom is 0.254 e. The number of aromatic nitrogens is 1.